The lowest BCUT2D eigenvalue weighted by molar-refractivity contribution is -0.127. The molecule has 9 heteroatoms. The van der Waals surface area contributed by atoms with Crippen LogP contribution in [0.3, 0.4) is 0 Å². The molecule has 1 aromatic carbocycles. The second-order valence-corrected chi connectivity index (χ2v) is 9.77. The van der Waals surface area contributed by atoms with Gasteiger partial charge in [0.2, 0.25) is 5.91 Å². The molecule has 1 aliphatic heterocycles. The van der Waals surface area contributed by atoms with Crippen molar-refractivity contribution >= 4 is 29.7 Å². The number of amides is 2. The molecule has 172 valence electrons. The van der Waals surface area contributed by atoms with E-state index in [-0.39, 0.29) is 24.6 Å². The number of thioether (sulfide) groups is 1. The first-order valence-electron chi connectivity index (χ1n) is 10.5. The highest BCUT2D eigenvalue weighted by Crippen LogP contribution is 2.16. The highest BCUT2D eigenvalue weighted by Gasteiger charge is 2.30. The van der Waals surface area contributed by atoms with Crippen molar-refractivity contribution < 1.29 is 14.3 Å². The molecule has 1 fully saturated rings. The summed E-state index contributed by atoms with van der Waals surface area (Å²) in [5, 5.41) is 6.67. The largest absolute Gasteiger partial charge is 0.444 e. The van der Waals surface area contributed by atoms with E-state index >= 15 is 0 Å². The summed E-state index contributed by atoms with van der Waals surface area (Å²) in [7, 11) is 3.43. The first-order chi connectivity index (χ1) is 14.6. The molecule has 31 heavy (non-hydrogen) atoms. The van der Waals surface area contributed by atoms with Crippen molar-refractivity contribution in [3.8, 4) is 0 Å². The van der Waals surface area contributed by atoms with E-state index in [1.54, 1.807) is 30.8 Å². The van der Waals surface area contributed by atoms with Gasteiger partial charge in [0, 0.05) is 50.4 Å². The zero-order chi connectivity index (χ0) is 22.9. The molecule has 0 aromatic heterocycles. The van der Waals surface area contributed by atoms with Gasteiger partial charge in [0.05, 0.1) is 0 Å². The first-order valence-corrected chi connectivity index (χ1v) is 11.5. The number of rotatable bonds is 7. The van der Waals surface area contributed by atoms with Crippen LogP contribution in [0.4, 0.5) is 4.79 Å². The highest BCUT2D eigenvalue weighted by atomic mass is 32.2. The number of likely N-dealkylation sites (tertiary alicyclic amines) is 1. The predicted molar refractivity (Wildman–Crippen MR) is 126 cm³/mol. The van der Waals surface area contributed by atoms with Gasteiger partial charge in [-0.05, 0) is 39.3 Å². The van der Waals surface area contributed by atoms with Crippen LogP contribution in [0, 0.1) is 0 Å². The maximum absolute atomic E-state index is 12.3. The average Bonchev–Trinajstić information content (AvgIpc) is 3.17. The third kappa shape index (κ3) is 9.50. The molecule has 0 radical (unpaired) electrons. The van der Waals surface area contributed by atoms with E-state index in [1.165, 1.54) is 9.80 Å². The normalized spacial score (nSPS) is 16.7. The molecule has 1 aromatic rings. The number of guanidine groups is 1. The van der Waals surface area contributed by atoms with Gasteiger partial charge in [0.1, 0.15) is 12.1 Å². The molecule has 0 saturated carbocycles. The van der Waals surface area contributed by atoms with Crippen LogP contribution in [-0.4, -0.2) is 85.4 Å². The van der Waals surface area contributed by atoms with E-state index in [2.05, 4.69) is 27.8 Å². The van der Waals surface area contributed by atoms with Gasteiger partial charge < -0.3 is 25.2 Å². The minimum atomic E-state index is -0.514. The number of carbonyl (C=O) groups excluding carboxylic acids is 2. The summed E-state index contributed by atoms with van der Waals surface area (Å²) in [5.74, 6) is 1.38. The number of ether oxygens (including phenoxy) is 1. The van der Waals surface area contributed by atoms with Crippen molar-refractivity contribution in [2.75, 3.05) is 46.0 Å². The van der Waals surface area contributed by atoms with Crippen molar-refractivity contribution in [2.24, 2.45) is 4.99 Å². The SMILES string of the molecule is CN(C)C(=O)CN=C(NCCSc1ccccc1)NC1CCN(C(=O)OC(C)(C)C)C1. The third-order valence-corrected chi connectivity index (χ3v) is 5.47. The van der Waals surface area contributed by atoms with Crippen LogP contribution in [0.25, 0.3) is 0 Å². The molecule has 1 heterocycles. The van der Waals surface area contributed by atoms with Gasteiger partial charge in [-0.3, -0.25) is 4.79 Å². The van der Waals surface area contributed by atoms with Crippen molar-refractivity contribution in [3.63, 3.8) is 0 Å². The second-order valence-electron chi connectivity index (χ2n) is 8.60. The summed E-state index contributed by atoms with van der Waals surface area (Å²) in [5.41, 5.74) is -0.514. The summed E-state index contributed by atoms with van der Waals surface area (Å²) in [6.07, 6.45) is 0.491. The molecule has 8 nitrogen and oxygen atoms in total. The molecular weight excluding hydrogens is 414 g/mol. The standard InChI is InChI=1S/C22H35N5O3S/c1-22(2,3)30-21(29)27-13-11-17(16-27)25-20(24-15-19(28)26(4)5)23-12-14-31-18-9-7-6-8-10-18/h6-10,17H,11-16H2,1-5H3,(H2,23,24,25). The number of hydrogen-bond acceptors (Lipinski definition) is 5. The van der Waals surface area contributed by atoms with Crippen LogP contribution in [0.2, 0.25) is 0 Å². The number of benzene rings is 1. The van der Waals surface area contributed by atoms with Gasteiger partial charge in [-0.15, -0.1) is 11.8 Å². The Labute approximate surface area is 189 Å². The van der Waals surface area contributed by atoms with Crippen LogP contribution < -0.4 is 10.6 Å². The summed E-state index contributed by atoms with van der Waals surface area (Å²) >= 11 is 1.75. The van der Waals surface area contributed by atoms with Gasteiger partial charge in [-0.25, -0.2) is 9.79 Å². The lowest BCUT2D eigenvalue weighted by Crippen LogP contribution is -2.46. The fourth-order valence-electron chi connectivity index (χ4n) is 2.86. The fourth-order valence-corrected chi connectivity index (χ4v) is 3.65. The molecular formula is C22H35N5O3S. The topological polar surface area (TPSA) is 86.3 Å². The van der Waals surface area contributed by atoms with Gasteiger partial charge in [0.25, 0.3) is 0 Å². The lowest BCUT2D eigenvalue weighted by Gasteiger charge is -2.24. The van der Waals surface area contributed by atoms with E-state index in [0.717, 1.165) is 12.2 Å². The van der Waals surface area contributed by atoms with Crippen LogP contribution in [0.5, 0.6) is 0 Å². The Morgan fingerprint density at radius 1 is 1.26 bits per heavy atom. The summed E-state index contributed by atoms with van der Waals surface area (Å²) in [4.78, 5) is 33.1. The molecule has 1 unspecified atom stereocenters. The van der Waals surface area contributed by atoms with Gasteiger partial charge in [0.15, 0.2) is 5.96 Å². The quantitative estimate of drug-likeness (QED) is 0.288. The van der Waals surface area contributed by atoms with Crippen LogP contribution in [-0.2, 0) is 9.53 Å². The van der Waals surface area contributed by atoms with Crippen molar-refractivity contribution in [1.82, 2.24) is 20.4 Å². The Hall–Kier alpha value is -2.42. The summed E-state index contributed by atoms with van der Waals surface area (Å²) in [6.45, 7) is 7.51. The Balaban J connectivity index is 1.88. The number of hydrogen-bond donors (Lipinski definition) is 2. The summed E-state index contributed by atoms with van der Waals surface area (Å²) in [6, 6.07) is 10.3. The van der Waals surface area contributed by atoms with Crippen LogP contribution >= 0.6 is 11.8 Å². The van der Waals surface area contributed by atoms with Gasteiger partial charge >= 0.3 is 6.09 Å². The van der Waals surface area contributed by atoms with E-state index in [4.69, 9.17) is 4.74 Å². The van der Waals surface area contributed by atoms with E-state index in [9.17, 15) is 9.59 Å². The Bertz CT molecular complexity index is 749. The Morgan fingerprint density at radius 2 is 1.97 bits per heavy atom. The molecule has 1 atom stereocenters. The number of aliphatic imine (C=N–C) groups is 1. The molecule has 0 bridgehead atoms. The molecule has 1 saturated heterocycles. The maximum Gasteiger partial charge on any atom is 0.410 e. The minimum Gasteiger partial charge on any atom is -0.444 e. The number of carbonyl (C=O) groups is 2. The first kappa shape index (κ1) is 24.8. The fraction of sp³-hybridized carbons (Fsp3) is 0.591. The lowest BCUT2D eigenvalue weighted by atomic mass is 10.2. The molecule has 2 rings (SSSR count). The average molecular weight is 450 g/mol. The predicted octanol–water partition coefficient (Wildman–Crippen LogP) is 2.41. The van der Waals surface area contributed by atoms with Crippen LogP contribution in [0.1, 0.15) is 27.2 Å². The highest BCUT2D eigenvalue weighted by molar-refractivity contribution is 7.99. The van der Waals surface area contributed by atoms with E-state index < -0.39 is 5.60 Å². The molecule has 0 spiro atoms. The van der Waals surface area contributed by atoms with Gasteiger partial charge in [-0.2, -0.15) is 0 Å². The van der Waals surface area contributed by atoms with Crippen molar-refractivity contribution in [1.29, 1.82) is 0 Å². The smallest absolute Gasteiger partial charge is 0.410 e. The minimum absolute atomic E-state index is 0.0509. The molecule has 2 amide bonds. The Morgan fingerprint density at radius 3 is 2.61 bits per heavy atom. The molecule has 2 N–H and O–H groups in total. The van der Waals surface area contributed by atoms with Gasteiger partial charge in [-0.1, -0.05) is 18.2 Å². The Kier molecular flexibility index (Phi) is 9.48. The molecule has 1 aliphatic rings. The van der Waals surface area contributed by atoms with E-state index in [0.29, 0.717) is 25.6 Å². The maximum atomic E-state index is 12.3. The van der Waals surface area contributed by atoms with E-state index in [1.807, 2.05) is 39.0 Å². The third-order valence-electron chi connectivity index (χ3n) is 4.46. The van der Waals surface area contributed by atoms with Crippen LogP contribution in [0.15, 0.2) is 40.2 Å². The van der Waals surface area contributed by atoms with Crippen molar-refractivity contribution in [2.45, 2.75) is 43.7 Å². The zero-order valence-electron chi connectivity index (χ0n) is 19.2. The second kappa shape index (κ2) is 11.8. The molecule has 0 aliphatic carbocycles. The number of nitrogens with zero attached hydrogens (tertiary/aromatic N) is 3. The number of likely N-dealkylation sites (N-methyl/N-ethyl adjacent to an activating group) is 1. The number of nitrogens with one attached hydrogen (secondary N) is 2. The van der Waals surface area contributed by atoms with Crippen molar-refractivity contribution in [3.05, 3.63) is 30.3 Å². The summed E-state index contributed by atoms with van der Waals surface area (Å²) < 4.78 is 5.46. The monoisotopic (exact) mass is 449 g/mol. The zero-order valence-corrected chi connectivity index (χ0v) is 20.0.